The maximum atomic E-state index is 11.4. The van der Waals surface area contributed by atoms with Crippen LogP contribution in [0.2, 0.25) is 0 Å². The van der Waals surface area contributed by atoms with E-state index in [0.717, 1.165) is 12.8 Å². The summed E-state index contributed by atoms with van der Waals surface area (Å²) in [6.07, 6.45) is 1.59. The number of carbonyl (C=O) groups excluding carboxylic acids is 1. The predicted molar refractivity (Wildman–Crippen MR) is 64.4 cm³/mol. The van der Waals surface area contributed by atoms with E-state index in [-0.39, 0.29) is 18.5 Å². The van der Waals surface area contributed by atoms with Gasteiger partial charge in [0, 0.05) is 13.6 Å². The molecule has 15 heavy (non-hydrogen) atoms. The standard InChI is InChI=1S/C10H22N2O2.ClH/c1-10(2,3)14-9(13)12(4)8-6-5-7-11;/h5-8,11H2,1-4H3;1H. The van der Waals surface area contributed by atoms with E-state index in [1.807, 2.05) is 20.8 Å². The van der Waals surface area contributed by atoms with Gasteiger partial charge in [-0.05, 0) is 40.2 Å². The third-order valence-corrected chi connectivity index (χ3v) is 1.65. The Morgan fingerprint density at radius 3 is 2.27 bits per heavy atom. The molecule has 0 saturated carbocycles. The van der Waals surface area contributed by atoms with Crippen molar-refractivity contribution in [1.29, 1.82) is 0 Å². The number of hydrogen-bond donors (Lipinski definition) is 1. The second-order valence-corrected chi connectivity index (χ2v) is 4.40. The summed E-state index contributed by atoms with van der Waals surface area (Å²) in [5.74, 6) is 0. The van der Waals surface area contributed by atoms with E-state index in [4.69, 9.17) is 10.5 Å². The number of halogens is 1. The number of amides is 1. The largest absolute Gasteiger partial charge is 0.444 e. The fraction of sp³-hybridized carbons (Fsp3) is 0.900. The van der Waals surface area contributed by atoms with Crippen molar-refractivity contribution in [3.8, 4) is 0 Å². The van der Waals surface area contributed by atoms with Crippen molar-refractivity contribution < 1.29 is 9.53 Å². The SMILES string of the molecule is CN(CCCCN)C(=O)OC(C)(C)C.Cl. The predicted octanol–water partition coefficient (Wildman–Crippen LogP) is 2.01. The number of nitrogens with two attached hydrogens (primary N) is 1. The molecule has 2 N–H and O–H groups in total. The first kappa shape index (κ1) is 16.9. The van der Waals surface area contributed by atoms with Crippen LogP contribution >= 0.6 is 12.4 Å². The topological polar surface area (TPSA) is 55.6 Å². The van der Waals surface area contributed by atoms with Crippen molar-refractivity contribution in [1.82, 2.24) is 4.90 Å². The number of hydrogen-bond acceptors (Lipinski definition) is 3. The van der Waals surface area contributed by atoms with Crippen LogP contribution in [0.3, 0.4) is 0 Å². The summed E-state index contributed by atoms with van der Waals surface area (Å²) in [5.41, 5.74) is 4.94. The molecule has 0 aliphatic heterocycles. The van der Waals surface area contributed by atoms with Crippen LogP contribution in [0.25, 0.3) is 0 Å². The number of carbonyl (C=O) groups is 1. The van der Waals surface area contributed by atoms with E-state index in [2.05, 4.69) is 0 Å². The van der Waals surface area contributed by atoms with E-state index in [9.17, 15) is 4.79 Å². The lowest BCUT2D eigenvalue weighted by atomic mass is 10.2. The second-order valence-electron chi connectivity index (χ2n) is 4.40. The molecule has 0 aromatic heterocycles. The van der Waals surface area contributed by atoms with Gasteiger partial charge in [0.05, 0.1) is 0 Å². The number of unbranched alkanes of at least 4 members (excludes halogenated alkanes) is 1. The minimum Gasteiger partial charge on any atom is -0.444 e. The molecule has 0 aliphatic carbocycles. The Balaban J connectivity index is 0. The van der Waals surface area contributed by atoms with Crippen molar-refractivity contribution >= 4 is 18.5 Å². The molecule has 0 saturated heterocycles. The molecule has 0 aromatic carbocycles. The fourth-order valence-electron chi connectivity index (χ4n) is 0.924. The highest BCUT2D eigenvalue weighted by Gasteiger charge is 2.18. The Labute approximate surface area is 98.6 Å². The summed E-state index contributed by atoms with van der Waals surface area (Å²) >= 11 is 0. The van der Waals surface area contributed by atoms with Crippen molar-refractivity contribution in [2.75, 3.05) is 20.1 Å². The summed E-state index contributed by atoms with van der Waals surface area (Å²) in [5, 5.41) is 0. The summed E-state index contributed by atoms with van der Waals surface area (Å²) < 4.78 is 5.19. The zero-order valence-corrected chi connectivity index (χ0v) is 10.9. The Hall–Kier alpha value is -0.480. The van der Waals surface area contributed by atoms with E-state index in [0.29, 0.717) is 13.1 Å². The van der Waals surface area contributed by atoms with E-state index < -0.39 is 5.60 Å². The molecule has 0 heterocycles. The van der Waals surface area contributed by atoms with Gasteiger partial charge in [-0.2, -0.15) is 0 Å². The van der Waals surface area contributed by atoms with Crippen LogP contribution in [0.5, 0.6) is 0 Å². The molecule has 0 spiro atoms. The minimum atomic E-state index is -0.417. The fourth-order valence-corrected chi connectivity index (χ4v) is 0.924. The Bertz CT molecular complexity index is 181. The van der Waals surface area contributed by atoms with Crippen LogP contribution in [0, 0.1) is 0 Å². The van der Waals surface area contributed by atoms with Gasteiger partial charge in [-0.15, -0.1) is 12.4 Å². The smallest absolute Gasteiger partial charge is 0.410 e. The molecule has 0 aliphatic rings. The third kappa shape index (κ3) is 9.82. The molecule has 1 amide bonds. The van der Waals surface area contributed by atoms with Gasteiger partial charge in [0.1, 0.15) is 5.60 Å². The van der Waals surface area contributed by atoms with Crippen molar-refractivity contribution in [2.45, 2.75) is 39.2 Å². The van der Waals surface area contributed by atoms with Crippen molar-refractivity contribution in [3.63, 3.8) is 0 Å². The first-order valence-corrected chi connectivity index (χ1v) is 5.01. The van der Waals surface area contributed by atoms with E-state index in [1.165, 1.54) is 0 Å². The van der Waals surface area contributed by atoms with Crippen molar-refractivity contribution in [3.05, 3.63) is 0 Å². The van der Waals surface area contributed by atoms with Crippen LogP contribution in [0.4, 0.5) is 4.79 Å². The van der Waals surface area contributed by atoms with Crippen LogP contribution in [0.1, 0.15) is 33.6 Å². The molecule has 0 rings (SSSR count). The van der Waals surface area contributed by atoms with Crippen LogP contribution < -0.4 is 5.73 Å². The number of rotatable bonds is 4. The van der Waals surface area contributed by atoms with Crippen LogP contribution in [0.15, 0.2) is 0 Å². The summed E-state index contributed by atoms with van der Waals surface area (Å²) in [4.78, 5) is 13.0. The first-order valence-electron chi connectivity index (χ1n) is 5.01. The van der Waals surface area contributed by atoms with Gasteiger partial charge in [-0.3, -0.25) is 0 Å². The molecule has 0 bridgehead atoms. The molecule has 0 radical (unpaired) electrons. The van der Waals surface area contributed by atoms with Gasteiger partial charge in [0.25, 0.3) is 0 Å². The van der Waals surface area contributed by atoms with Gasteiger partial charge < -0.3 is 15.4 Å². The lowest BCUT2D eigenvalue weighted by molar-refractivity contribution is 0.0296. The minimum absolute atomic E-state index is 0. The lowest BCUT2D eigenvalue weighted by Gasteiger charge is -2.24. The first-order chi connectivity index (χ1) is 6.37. The molecular weight excluding hydrogens is 216 g/mol. The summed E-state index contributed by atoms with van der Waals surface area (Å²) in [6, 6.07) is 0. The maximum Gasteiger partial charge on any atom is 0.410 e. The maximum absolute atomic E-state index is 11.4. The lowest BCUT2D eigenvalue weighted by Crippen LogP contribution is -2.34. The number of nitrogens with zero attached hydrogens (tertiary/aromatic N) is 1. The molecule has 92 valence electrons. The highest BCUT2D eigenvalue weighted by Crippen LogP contribution is 2.09. The molecule has 4 nitrogen and oxygen atoms in total. The van der Waals surface area contributed by atoms with Gasteiger partial charge in [0.15, 0.2) is 0 Å². The van der Waals surface area contributed by atoms with Crippen LogP contribution in [-0.4, -0.2) is 36.7 Å². The van der Waals surface area contributed by atoms with Gasteiger partial charge in [-0.25, -0.2) is 4.79 Å². The summed E-state index contributed by atoms with van der Waals surface area (Å²) in [6.45, 7) is 6.95. The zero-order valence-electron chi connectivity index (χ0n) is 10.1. The average molecular weight is 239 g/mol. The Morgan fingerprint density at radius 2 is 1.87 bits per heavy atom. The van der Waals surface area contributed by atoms with Gasteiger partial charge >= 0.3 is 6.09 Å². The Morgan fingerprint density at radius 1 is 1.33 bits per heavy atom. The molecule has 5 heteroatoms. The van der Waals surface area contributed by atoms with E-state index >= 15 is 0 Å². The third-order valence-electron chi connectivity index (χ3n) is 1.65. The zero-order chi connectivity index (χ0) is 11.2. The Kier molecular flexibility index (Phi) is 8.77. The molecule has 0 aromatic rings. The van der Waals surface area contributed by atoms with Gasteiger partial charge in [0.2, 0.25) is 0 Å². The van der Waals surface area contributed by atoms with Crippen LogP contribution in [-0.2, 0) is 4.74 Å². The molecular formula is C10H23ClN2O2. The molecule has 0 unspecified atom stereocenters. The second kappa shape index (κ2) is 7.77. The normalized spacial score (nSPS) is 10.5. The summed E-state index contributed by atoms with van der Waals surface area (Å²) in [7, 11) is 1.74. The quantitative estimate of drug-likeness (QED) is 0.763. The highest BCUT2D eigenvalue weighted by atomic mass is 35.5. The highest BCUT2D eigenvalue weighted by molar-refractivity contribution is 5.85. The van der Waals surface area contributed by atoms with E-state index in [1.54, 1.807) is 11.9 Å². The average Bonchev–Trinajstić information content (AvgIpc) is 2.01. The molecule has 0 atom stereocenters. The van der Waals surface area contributed by atoms with Crippen molar-refractivity contribution in [2.24, 2.45) is 5.73 Å². The van der Waals surface area contributed by atoms with Gasteiger partial charge in [-0.1, -0.05) is 0 Å². The molecule has 0 fully saturated rings. The number of ether oxygens (including phenoxy) is 1. The monoisotopic (exact) mass is 238 g/mol.